The second-order valence-electron chi connectivity index (χ2n) is 6.74. The summed E-state index contributed by atoms with van der Waals surface area (Å²) in [7, 11) is 0. The molecule has 0 aliphatic heterocycles. The Morgan fingerprint density at radius 2 is 1.86 bits per heavy atom. The van der Waals surface area contributed by atoms with Crippen molar-refractivity contribution in [3.63, 3.8) is 0 Å². The Morgan fingerprint density at radius 3 is 2.52 bits per heavy atom. The lowest BCUT2D eigenvalue weighted by Crippen LogP contribution is -2.36. The number of hydrogen-bond donors (Lipinski definition) is 1. The van der Waals surface area contributed by atoms with Gasteiger partial charge in [0, 0.05) is 23.3 Å². The molecule has 0 bridgehead atoms. The van der Waals surface area contributed by atoms with Crippen LogP contribution in [0.15, 0.2) is 42.7 Å². The van der Waals surface area contributed by atoms with Gasteiger partial charge in [0.25, 0.3) is 0 Å². The van der Waals surface area contributed by atoms with Crippen molar-refractivity contribution in [3.05, 3.63) is 42.7 Å². The van der Waals surface area contributed by atoms with Crippen LogP contribution in [0.1, 0.15) is 46.6 Å². The molecule has 1 atom stereocenters. The maximum atomic E-state index is 4.52. The van der Waals surface area contributed by atoms with Crippen LogP contribution in [0.25, 0.3) is 11.1 Å². The van der Waals surface area contributed by atoms with Crippen LogP contribution in [-0.2, 0) is 0 Å². The van der Waals surface area contributed by atoms with Crippen molar-refractivity contribution >= 4 is 0 Å². The molecule has 21 heavy (non-hydrogen) atoms. The molecule has 0 aliphatic rings. The molecule has 1 N–H and O–H groups in total. The first-order valence-electron chi connectivity index (χ1n) is 7.80. The van der Waals surface area contributed by atoms with Gasteiger partial charge in [0.1, 0.15) is 0 Å². The predicted octanol–water partition coefficient (Wildman–Crippen LogP) is 4.28. The number of nitrogens with zero attached hydrogens (tertiary/aromatic N) is 2. The van der Waals surface area contributed by atoms with Gasteiger partial charge in [0.05, 0.1) is 6.20 Å². The maximum absolute atomic E-state index is 4.52. The molecular weight excluding hydrogens is 258 g/mol. The third-order valence-electron chi connectivity index (χ3n) is 3.61. The first-order chi connectivity index (χ1) is 9.96. The van der Waals surface area contributed by atoms with E-state index < -0.39 is 0 Å². The molecule has 1 aromatic heterocycles. The highest BCUT2D eigenvalue weighted by Gasteiger charge is 2.10. The monoisotopic (exact) mass is 285 g/mol. The molecule has 0 amide bonds. The van der Waals surface area contributed by atoms with Crippen molar-refractivity contribution in [3.8, 4) is 11.1 Å². The standard InChI is InChI=1S/C18H27N3/c1-15(9-8-12-19-18(2,3)4)21-14-17(13-20-21)16-10-6-5-7-11-16/h5-7,10-11,13-15,19H,8-9,12H2,1-4H3. The smallest absolute Gasteiger partial charge is 0.0568 e. The van der Waals surface area contributed by atoms with E-state index in [0.29, 0.717) is 6.04 Å². The van der Waals surface area contributed by atoms with E-state index in [1.807, 2.05) is 12.3 Å². The van der Waals surface area contributed by atoms with E-state index in [4.69, 9.17) is 0 Å². The van der Waals surface area contributed by atoms with Crippen LogP contribution in [0.4, 0.5) is 0 Å². The van der Waals surface area contributed by atoms with Gasteiger partial charge in [0.2, 0.25) is 0 Å². The molecule has 0 spiro atoms. The van der Waals surface area contributed by atoms with Gasteiger partial charge >= 0.3 is 0 Å². The first-order valence-corrected chi connectivity index (χ1v) is 7.80. The van der Waals surface area contributed by atoms with E-state index >= 15 is 0 Å². The molecule has 0 radical (unpaired) electrons. The van der Waals surface area contributed by atoms with Gasteiger partial charge in [-0.25, -0.2) is 0 Å². The number of rotatable bonds is 6. The van der Waals surface area contributed by atoms with Crippen LogP contribution in [0.3, 0.4) is 0 Å². The molecular formula is C18H27N3. The lowest BCUT2D eigenvalue weighted by molar-refractivity contribution is 0.390. The largest absolute Gasteiger partial charge is 0.312 e. The summed E-state index contributed by atoms with van der Waals surface area (Å²) in [4.78, 5) is 0. The minimum atomic E-state index is 0.204. The molecule has 1 unspecified atom stereocenters. The zero-order chi connectivity index (χ0) is 15.3. The topological polar surface area (TPSA) is 29.9 Å². The highest BCUT2D eigenvalue weighted by molar-refractivity contribution is 5.61. The number of benzene rings is 1. The van der Waals surface area contributed by atoms with E-state index in [2.05, 4.69) is 73.3 Å². The Labute approximate surface area is 128 Å². The summed E-state index contributed by atoms with van der Waals surface area (Å²) >= 11 is 0. The summed E-state index contributed by atoms with van der Waals surface area (Å²) in [5, 5.41) is 8.05. The predicted molar refractivity (Wildman–Crippen MR) is 89.4 cm³/mol. The van der Waals surface area contributed by atoms with E-state index in [0.717, 1.165) is 13.0 Å². The molecule has 2 rings (SSSR count). The second kappa shape index (κ2) is 6.90. The average molecular weight is 285 g/mol. The van der Waals surface area contributed by atoms with Crippen LogP contribution in [-0.4, -0.2) is 21.9 Å². The van der Waals surface area contributed by atoms with Crippen LogP contribution in [0.2, 0.25) is 0 Å². The molecule has 3 heteroatoms. The Balaban J connectivity index is 1.86. The van der Waals surface area contributed by atoms with Crippen molar-refractivity contribution < 1.29 is 0 Å². The van der Waals surface area contributed by atoms with Gasteiger partial charge in [-0.3, -0.25) is 4.68 Å². The SMILES string of the molecule is CC(CCCNC(C)(C)C)n1cc(-c2ccccc2)cn1. The fraction of sp³-hybridized carbons (Fsp3) is 0.500. The van der Waals surface area contributed by atoms with E-state index in [1.165, 1.54) is 17.5 Å². The van der Waals surface area contributed by atoms with Crippen molar-refractivity contribution in [2.45, 2.75) is 52.1 Å². The van der Waals surface area contributed by atoms with E-state index in [9.17, 15) is 0 Å². The third-order valence-corrected chi connectivity index (χ3v) is 3.61. The van der Waals surface area contributed by atoms with Gasteiger partial charge in [-0.2, -0.15) is 5.10 Å². The summed E-state index contributed by atoms with van der Waals surface area (Å²) in [6, 6.07) is 10.9. The number of nitrogens with one attached hydrogen (secondary N) is 1. The summed E-state index contributed by atoms with van der Waals surface area (Å²) in [6.07, 6.45) is 6.41. The molecule has 1 aromatic carbocycles. The van der Waals surface area contributed by atoms with E-state index in [-0.39, 0.29) is 5.54 Å². The molecule has 3 nitrogen and oxygen atoms in total. The lowest BCUT2D eigenvalue weighted by atomic mass is 10.1. The average Bonchev–Trinajstić information content (AvgIpc) is 2.93. The molecule has 1 heterocycles. The quantitative estimate of drug-likeness (QED) is 0.803. The number of hydrogen-bond acceptors (Lipinski definition) is 2. The van der Waals surface area contributed by atoms with Crippen molar-refractivity contribution in [2.75, 3.05) is 6.54 Å². The van der Waals surface area contributed by atoms with Crippen LogP contribution in [0.5, 0.6) is 0 Å². The fourth-order valence-electron chi connectivity index (χ4n) is 2.35. The molecule has 0 saturated heterocycles. The zero-order valence-corrected chi connectivity index (χ0v) is 13.6. The number of aromatic nitrogens is 2. The summed E-state index contributed by atoms with van der Waals surface area (Å²) < 4.78 is 2.08. The highest BCUT2D eigenvalue weighted by atomic mass is 15.3. The molecule has 0 saturated carbocycles. The molecule has 114 valence electrons. The van der Waals surface area contributed by atoms with Gasteiger partial charge < -0.3 is 5.32 Å². The Bertz CT molecular complexity index is 537. The third kappa shape index (κ3) is 5.01. The minimum Gasteiger partial charge on any atom is -0.312 e. The maximum Gasteiger partial charge on any atom is 0.0568 e. The van der Waals surface area contributed by atoms with Crippen LogP contribution in [0, 0.1) is 0 Å². The van der Waals surface area contributed by atoms with Crippen molar-refractivity contribution in [1.82, 2.24) is 15.1 Å². The zero-order valence-electron chi connectivity index (χ0n) is 13.6. The van der Waals surface area contributed by atoms with Gasteiger partial charge in [0.15, 0.2) is 0 Å². The Morgan fingerprint density at radius 1 is 1.14 bits per heavy atom. The van der Waals surface area contributed by atoms with Crippen molar-refractivity contribution in [2.24, 2.45) is 0 Å². The van der Waals surface area contributed by atoms with E-state index in [1.54, 1.807) is 0 Å². The summed E-state index contributed by atoms with van der Waals surface area (Å²) in [5.41, 5.74) is 2.62. The molecule has 0 fully saturated rings. The van der Waals surface area contributed by atoms with Gasteiger partial charge in [-0.05, 0) is 52.6 Å². The summed E-state index contributed by atoms with van der Waals surface area (Å²) in [6.45, 7) is 9.90. The fourth-order valence-corrected chi connectivity index (χ4v) is 2.35. The van der Waals surface area contributed by atoms with Gasteiger partial charge in [-0.1, -0.05) is 30.3 Å². The lowest BCUT2D eigenvalue weighted by Gasteiger charge is -2.21. The molecule has 0 aliphatic carbocycles. The molecule has 2 aromatic rings. The highest BCUT2D eigenvalue weighted by Crippen LogP contribution is 2.20. The summed E-state index contributed by atoms with van der Waals surface area (Å²) in [5.74, 6) is 0. The second-order valence-corrected chi connectivity index (χ2v) is 6.74. The normalized spacial score (nSPS) is 13.3. The van der Waals surface area contributed by atoms with Gasteiger partial charge in [-0.15, -0.1) is 0 Å². The first kappa shape index (κ1) is 15.8. The van der Waals surface area contributed by atoms with Crippen LogP contribution < -0.4 is 5.32 Å². The Kier molecular flexibility index (Phi) is 5.18. The Hall–Kier alpha value is -1.61. The van der Waals surface area contributed by atoms with Crippen LogP contribution >= 0.6 is 0 Å². The van der Waals surface area contributed by atoms with Crippen molar-refractivity contribution in [1.29, 1.82) is 0 Å². The minimum absolute atomic E-state index is 0.204.